The Kier molecular flexibility index (Phi) is 2.63. The molecule has 0 radical (unpaired) electrons. The van der Waals surface area contributed by atoms with Gasteiger partial charge in [-0.2, -0.15) is 0 Å². The van der Waals surface area contributed by atoms with Crippen molar-refractivity contribution < 1.29 is 4.74 Å². The van der Waals surface area contributed by atoms with E-state index in [0.717, 1.165) is 0 Å². The lowest BCUT2D eigenvalue weighted by Crippen LogP contribution is -2.51. The van der Waals surface area contributed by atoms with Crippen LogP contribution in [0.4, 0.5) is 0 Å². The minimum Gasteiger partial charge on any atom is -0.383 e. The summed E-state index contributed by atoms with van der Waals surface area (Å²) in [6, 6.07) is 0. The lowest BCUT2D eigenvalue weighted by molar-refractivity contribution is 0.0523. The molecule has 1 N–H and O–H groups in total. The van der Waals surface area contributed by atoms with Gasteiger partial charge in [0, 0.05) is 24.3 Å². The van der Waals surface area contributed by atoms with E-state index in [0.29, 0.717) is 11.8 Å². The summed E-state index contributed by atoms with van der Waals surface area (Å²) < 4.78 is 5.53. The maximum Gasteiger partial charge on any atom is 0.0840 e. The van der Waals surface area contributed by atoms with Gasteiger partial charge < -0.3 is 10.1 Å². The molecule has 0 spiro atoms. The van der Waals surface area contributed by atoms with Crippen molar-refractivity contribution in [2.45, 2.75) is 38.8 Å². The van der Waals surface area contributed by atoms with Crippen molar-refractivity contribution in [2.75, 3.05) is 7.11 Å². The summed E-state index contributed by atoms with van der Waals surface area (Å²) in [6.45, 7) is 6.85. The normalized spacial score (nSPS) is 37.9. The molecule has 2 aliphatic rings. The Labute approximate surface area is 92.4 Å². The lowest BCUT2D eigenvalue weighted by atomic mass is 9.73. The van der Waals surface area contributed by atoms with Crippen LogP contribution in [0.5, 0.6) is 0 Å². The zero-order valence-corrected chi connectivity index (χ0v) is 10.1. The van der Waals surface area contributed by atoms with E-state index < -0.39 is 0 Å². The van der Waals surface area contributed by atoms with Crippen molar-refractivity contribution in [3.63, 3.8) is 0 Å². The van der Waals surface area contributed by atoms with Crippen molar-refractivity contribution in [3.8, 4) is 0 Å². The van der Waals surface area contributed by atoms with Crippen molar-refractivity contribution >= 4 is 0 Å². The Morgan fingerprint density at radius 2 is 2.20 bits per heavy atom. The second-order valence-electron chi connectivity index (χ2n) is 5.42. The maximum atomic E-state index is 5.53. The Morgan fingerprint density at radius 1 is 1.47 bits per heavy atom. The molecule has 3 atom stereocenters. The molecule has 0 saturated carbocycles. The topological polar surface area (TPSA) is 21.3 Å². The highest BCUT2D eigenvalue weighted by molar-refractivity contribution is 5.27. The molecule has 1 aliphatic carbocycles. The quantitative estimate of drug-likeness (QED) is 0.713. The predicted octanol–water partition coefficient (Wildman–Crippen LogP) is 2.48. The summed E-state index contributed by atoms with van der Waals surface area (Å²) in [7, 11) is 1.80. The number of ether oxygens (including phenoxy) is 1. The van der Waals surface area contributed by atoms with Crippen LogP contribution in [0.3, 0.4) is 0 Å². The molecule has 15 heavy (non-hydrogen) atoms. The van der Waals surface area contributed by atoms with Gasteiger partial charge >= 0.3 is 0 Å². The third-order valence-electron chi connectivity index (χ3n) is 3.49. The molecule has 84 valence electrons. The molecule has 2 nitrogen and oxygen atoms in total. The molecule has 0 aromatic carbocycles. The van der Waals surface area contributed by atoms with Crippen LogP contribution in [-0.2, 0) is 4.74 Å². The first-order valence-electron chi connectivity index (χ1n) is 5.73. The van der Waals surface area contributed by atoms with Gasteiger partial charge in [0.25, 0.3) is 0 Å². The van der Waals surface area contributed by atoms with Gasteiger partial charge in [0.05, 0.1) is 6.10 Å². The molecule has 1 saturated heterocycles. The van der Waals surface area contributed by atoms with E-state index in [9.17, 15) is 0 Å². The molecule has 0 aromatic rings. The fraction of sp³-hybridized carbons (Fsp3) is 0.692. The number of allylic oxidation sites excluding steroid dienone is 2. The Hall–Kier alpha value is -0.760. The largest absolute Gasteiger partial charge is 0.383 e. The Morgan fingerprint density at radius 3 is 2.87 bits per heavy atom. The smallest absolute Gasteiger partial charge is 0.0840 e. The third kappa shape index (κ3) is 1.96. The van der Waals surface area contributed by atoms with Crippen molar-refractivity contribution in [1.29, 1.82) is 0 Å². The molecule has 0 aromatic heterocycles. The molecular formula is C13H21NO. The number of hydrogen-bond acceptors (Lipinski definition) is 2. The van der Waals surface area contributed by atoms with Crippen LogP contribution in [0.2, 0.25) is 0 Å². The molecule has 2 heteroatoms. The predicted molar refractivity (Wildman–Crippen MR) is 62.5 cm³/mol. The highest BCUT2D eigenvalue weighted by atomic mass is 16.5. The first kappa shape index (κ1) is 10.7. The minimum absolute atomic E-state index is 0.214. The molecule has 1 fully saturated rings. The van der Waals surface area contributed by atoms with E-state index >= 15 is 0 Å². The highest BCUT2D eigenvalue weighted by Crippen LogP contribution is 2.38. The van der Waals surface area contributed by atoms with E-state index in [1.165, 1.54) is 12.1 Å². The summed E-state index contributed by atoms with van der Waals surface area (Å²) in [5.74, 6) is 1.18. The van der Waals surface area contributed by atoms with Gasteiger partial charge in [0.1, 0.15) is 0 Å². The van der Waals surface area contributed by atoms with E-state index in [1.54, 1.807) is 7.11 Å². The van der Waals surface area contributed by atoms with Crippen LogP contribution >= 0.6 is 0 Å². The standard InChI is InChI=1S/C13H21NO/c1-9-8-13(2,3)14-10-6-5-7-11(15-4)12(9)10/h5-7,9,11-12,14H,8H2,1-4H3. The van der Waals surface area contributed by atoms with Crippen LogP contribution in [0.1, 0.15) is 27.2 Å². The summed E-state index contributed by atoms with van der Waals surface area (Å²) in [6.07, 6.45) is 7.88. The van der Waals surface area contributed by atoms with Crippen LogP contribution in [0.15, 0.2) is 23.9 Å². The van der Waals surface area contributed by atoms with Crippen LogP contribution in [0.25, 0.3) is 0 Å². The van der Waals surface area contributed by atoms with Crippen molar-refractivity contribution in [3.05, 3.63) is 23.9 Å². The number of piperidine rings is 1. The summed E-state index contributed by atoms with van der Waals surface area (Å²) >= 11 is 0. The van der Waals surface area contributed by atoms with Gasteiger partial charge in [-0.3, -0.25) is 0 Å². The average Bonchev–Trinajstić information content (AvgIpc) is 2.14. The number of rotatable bonds is 1. The van der Waals surface area contributed by atoms with E-state index in [1.807, 2.05) is 0 Å². The van der Waals surface area contributed by atoms with Gasteiger partial charge in [0.15, 0.2) is 0 Å². The first-order valence-corrected chi connectivity index (χ1v) is 5.73. The second-order valence-corrected chi connectivity index (χ2v) is 5.42. The summed E-state index contributed by atoms with van der Waals surface area (Å²) in [4.78, 5) is 0. The van der Waals surface area contributed by atoms with Crippen LogP contribution in [-0.4, -0.2) is 18.8 Å². The van der Waals surface area contributed by atoms with E-state index in [2.05, 4.69) is 44.3 Å². The minimum atomic E-state index is 0.214. The van der Waals surface area contributed by atoms with Crippen molar-refractivity contribution in [2.24, 2.45) is 11.8 Å². The van der Waals surface area contributed by atoms with Gasteiger partial charge in [-0.25, -0.2) is 0 Å². The van der Waals surface area contributed by atoms with Gasteiger partial charge in [0.2, 0.25) is 0 Å². The zero-order chi connectivity index (χ0) is 11.1. The fourth-order valence-corrected chi connectivity index (χ4v) is 3.03. The third-order valence-corrected chi connectivity index (χ3v) is 3.49. The highest BCUT2D eigenvalue weighted by Gasteiger charge is 2.39. The number of hydrogen-bond donors (Lipinski definition) is 1. The zero-order valence-electron chi connectivity index (χ0n) is 10.1. The van der Waals surface area contributed by atoms with Gasteiger partial charge in [-0.15, -0.1) is 0 Å². The maximum absolute atomic E-state index is 5.53. The molecule has 2 rings (SSSR count). The number of nitrogens with one attached hydrogen (secondary N) is 1. The Balaban J connectivity index is 2.26. The first-order chi connectivity index (χ1) is 7.03. The second kappa shape index (κ2) is 3.67. The molecule has 0 amide bonds. The van der Waals surface area contributed by atoms with Gasteiger partial charge in [-0.05, 0) is 32.3 Å². The molecule has 1 aliphatic heterocycles. The number of methoxy groups -OCH3 is 1. The molecule has 1 heterocycles. The van der Waals surface area contributed by atoms with E-state index in [-0.39, 0.29) is 11.6 Å². The Bertz CT molecular complexity index is 304. The fourth-order valence-electron chi connectivity index (χ4n) is 3.03. The molecule has 3 unspecified atom stereocenters. The molecule has 0 bridgehead atoms. The average molecular weight is 207 g/mol. The van der Waals surface area contributed by atoms with E-state index in [4.69, 9.17) is 4.74 Å². The van der Waals surface area contributed by atoms with Crippen LogP contribution < -0.4 is 5.32 Å². The number of fused-ring (bicyclic) bond motifs is 1. The SMILES string of the molecule is COC1C=CC=C2NC(C)(C)CC(C)C21. The van der Waals surface area contributed by atoms with Crippen molar-refractivity contribution in [1.82, 2.24) is 5.32 Å². The van der Waals surface area contributed by atoms with Gasteiger partial charge in [-0.1, -0.05) is 19.1 Å². The summed E-state index contributed by atoms with van der Waals surface area (Å²) in [5.41, 5.74) is 1.55. The lowest BCUT2D eigenvalue weighted by Gasteiger charge is -2.45. The molecular weight excluding hydrogens is 186 g/mol. The van der Waals surface area contributed by atoms with Crippen LogP contribution in [0, 0.1) is 11.8 Å². The summed E-state index contributed by atoms with van der Waals surface area (Å²) in [5, 5.41) is 3.62. The monoisotopic (exact) mass is 207 g/mol.